The maximum absolute atomic E-state index is 13.4. The molecule has 2 saturated carbocycles. The third-order valence-electron chi connectivity index (χ3n) is 7.01. The standard InChI is InChI=1S/C23H25NO7/c1-9(2)5-10-3-4-14(25)17-13(10)7-11-6-12-8-15(26)18(22(24)30)21(29)23(12,31)20(28)16(11)19(17)27/h3-4,9,11-12,16,18,25,31H,5-8H2,1-2H3,(H2,24,30)/t11-,12+,16?,18?,23+/m1/s1. The number of phenolic OH excluding ortho intramolecular Hbond substituents is 1. The van der Waals surface area contributed by atoms with Crippen molar-refractivity contribution in [1.82, 2.24) is 0 Å². The van der Waals surface area contributed by atoms with E-state index in [1.165, 1.54) is 6.07 Å². The van der Waals surface area contributed by atoms with Crippen LogP contribution in [-0.4, -0.2) is 44.9 Å². The lowest BCUT2D eigenvalue weighted by atomic mass is 9.53. The molecule has 3 aliphatic carbocycles. The number of rotatable bonds is 3. The van der Waals surface area contributed by atoms with Crippen LogP contribution < -0.4 is 5.73 Å². The molecule has 4 rings (SSSR count). The lowest BCUT2D eigenvalue weighted by Gasteiger charge is -2.48. The Morgan fingerprint density at radius 3 is 2.45 bits per heavy atom. The molecule has 4 N–H and O–H groups in total. The molecule has 0 radical (unpaired) electrons. The molecule has 0 spiro atoms. The van der Waals surface area contributed by atoms with Gasteiger partial charge < -0.3 is 15.9 Å². The zero-order chi connectivity index (χ0) is 22.8. The van der Waals surface area contributed by atoms with E-state index in [0.717, 1.165) is 5.56 Å². The topological polar surface area (TPSA) is 152 Å². The van der Waals surface area contributed by atoms with E-state index < -0.39 is 58.3 Å². The van der Waals surface area contributed by atoms with Gasteiger partial charge in [0.15, 0.2) is 34.7 Å². The number of primary amides is 1. The highest BCUT2D eigenvalue weighted by Crippen LogP contribution is 2.50. The minimum Gasteiger partial charge on any atom is -0.507 e. The second kappa shape index (κ2) is 7.09. The first-order valence-electron chi connectivity index (χ1n) is 10.5. The molecule has 2 fully saturated rings. The molecule has 1 aromatic rings. The van der Waals surface area contributed by atoms with Crippen LogP contribution in [0.4, 0.5) is 0 Å². The summed E-state index contributed by atoms with van der Waals surface area (Å²) in [4.78, 5) is 63.6. The second-order valence-corrected chi connectivity index (χ2v) is 9.43. The highest BCUT2D eigenvalue weighted by molar-refractivity contribution is 6.31. The maximum Gasteiger partial charge on any atom is 0.235 e. The summed E-state index contributed by atoms with van der Waals surface area (Å²) in [5, 5.41) is 21.5. The number of ketones is 4. The van der Waals surface area contributed by atoms with Crippen molar-refractivity contribution in [2.75, 3.05) is 0 Å². The first kappa shape index (κ1) is 21.4. The summed E-state index contributed by atoms with van der Waals surface area (Å²) in [5.74, 6) is -9.44. The molecule has 0 aromatic heterocycles. The van der Waals surface area contributed by atoms with Crippen molar-refractivity contribution in [3.8, 4) is 5.75 Å². The van der Waals surface area contributed by atoms with Crippen molar-refractivity contribution in [2.24, 2.45) is 35.3 Å². The molecule has 0 aliphatic heterocycles. The molecule has 0 saturated heterocycles. The number of fused-ring (bicyclic) bond motifs is 3. The maximum atomic E-state index is 13.4. The van der Waals surface area contributed by atoms with Gasteiger partial charge in [0.05, 0.1) is 11.5 Å². The molecule has 8 nitrogen and oxygen atoms in total. The van der Waals surface area contributed by atoms with Crippen LogP contribution >= 0.6 is 0 Å². The smallest absolute Gasteiger partial charge is 0.235 e. The van der Waals surface area contributed by atoms with Crippen molar-refractivity contribution < 1.29 is 34.2 Å². The van der Waals surface area contributed by atoms with Crippen LogP contribution in [0.5, 0.6) is 5.75 Å². The number of hydrogen-bond donors (Lipinski definition) is 3. The summed E-state index contributed by atoms with van der Waals surface area (Å²) in [5.41, 5.74) is 4.21. The Labute approximate surface area is 178 Å². The Morgan fingerprint density at radius 2 is 1.84 bits per heavy atom. The van der Waals surface area contributed by atoms with Crippen LogP contribution in [0.25, 0.3) is 0 Å². The molecule has 1 aromatic carbocycles. The third-order valence-corrected chi connectivity index (χ3v) is 7.01. The number of phenols is 1. The minimum atomic E-state index is -2.60. The average molecular weight is 427 g/mol. The third kappa shape index (κ3) is 2.96. The summed E-state index contributed by atoms with van der Waals surface area (Å²) < 4.78 is 0. The lowest BCUT2D eigenvalue weighted by Crippen LogP contribution is -2.68. The molecule has 5 atom stereocenters. The molecular formula is C23H25NO7. The van der Waals surface area contributed by atoms with Gasteiger partial charge in [-0.1, -0.05) is 19.9 Å². The Hall–Kier alpha value is -2.87. The highest BCUT2D eigenvalue weighted by Gasteiger charge is 2.66. The highest BCUT2D eigenvalue weighted by atomic mass is 16.3. The van der Waals surface area contributed by atoms with E-state index >= 15 is 0 Å². The van der Waals surface area contributed by atoms with Gasteiger partial charge in [-0.15, -0.1) is 0 Å². The molecule has 164 valence electrons. The van der Waals surface area contributed by atoms with Crippen LogP contribution in [0.2, 0.25) is 0 Å². The van der Waals surface area contributed by atoms with E-state index in [4.69, 9.17) is 5.73 Å². The normalized spacial score (nSPS) is 32.5. The fourth-order valence-electron chi connectivity index (χ4n) is 5.66. The van der Waals surface area contributed by atoms with E-state index in [1.54, 1.807) is 6.07 Å². The van der Waals surface area contributed by atoms with Gasteiger partial charge >= 0.3 is 0 Å². The second-order valence-electron chi connectivity index (χ2n) is 9.43. The molecule has 3 aliphatic rings. The van der Waals surface area contributed by atoms with Crippen LogP contribution in [-0.2, 0) is 32.0 Å². The van der Waals surface area contributed by atoms with Crippen molar-refractivity contribution in [1.29, 1.82) is 0 Å². The Morgan fingerprint density at radius 1 is 1.16 bits per heavy atom. The molecule has 31 heavy (non-hydrogen) atoms. The van der Waals surface area contributed by atoms with E-state index in [1.807, 2.05) is 13.8 Å². The van der Waals surface area contributed by atoms with Gasteiger partial charge in [0.2, 0.25) is 5.91 Å². The molecule has 8 heteroatoms. The van der Waals surface area contributed by atoms with Gasteiger partial charge in [-0.2, -0.15) is 0 Å². The number of carbonyl (C=O) groups is 5. The Bertz CT molecular complexity index is 1040. The van der Waals surface area contributed by atoms with E-state index in [9.17, 15) is 34.2 Å². The summed E-state index contributed by atoms with van der Waals surface area (Å²) in [7, 11) is 0. The first-order chi connectivity index (χ1) is 14.5. The molecule has 2 unspecified atom stereocenters. The molecule has 0 bridgehead atoms. The van der Waals surface area contributed by atoms with Gasteiger partial charge in [-0.05, 0) is 48.3 Å². The fraction of sp³-hybridized carbons (Fsp3) is 0.522. The quantitative estimate of drug-likeness (QED) is 0.595. The van der Waals surface area contributed by atoms with Gasteiger partial charge in [-0.3, -0.25) is 24.0 Å². The largest absolute Gasteiger partial charge is 0.507 e. The van der Waals surface area contributed by atoms with Crippen molar-refractivity contribution >= 4 is 29.0 Å². The van der Waals surface area contributed by atoms with Gasteiger partial charge in [0.1, 0.15) is 5.75 Å². The number of carbonyl (C=O) groups excluding carboxylic acids is 5. The van der Waals surface area contributed by atoms with E-state index in [-0.39, 0.29) is 24.2 Å². The van der Waals surface area contributed by atoms with Crippen molar-refractivity contribution in [2.45, 2.75) is 45.1 Å². The monoisotopic (exact) mass is 427 g/mol. The van der Waals surface area contributed by atoms with Gasteiger partial charge in [0.25, 0.3) is 0 Å². The van der Waals surface area contributed by atoms with Crippen LogP contribution in [0.3, 0.4) is 0 Å². The zero-order valence-electron chi connectivity index (χ0n) is 17.4. The first-order valence-corrected chi connectivity index (χ1v) is 10.5. The number of aromatic hydroxyl groups is 1. The van der Waals surface area contributed by atoms with Crippen molar-refractivity contribution in [3.05, 3.63) is 28.8 Å². The number of Topliss-reactive ketones (excluding diaryl/α,β-unsaturated/α-hetero) is 4. The number of benzene rings is 1. The van der Waals surface area contributed by atoms with Crippen LogP contribution in [0.1, 0.15) is 48.2 Å². The minimum absolute atomic E-state index is 0.0561. The zero-order valence-corrected chi connectivity index (χ0v) is 17.4. The lowest BCUT2D eigenvalue weighted by molar-refractivity contribution is -0.175. The Balaban J connectivity index is 1.80. The fourth-order valence-corrected chi connectivity index (χ4v) is 5.66. The summed E-state index contributed by atoms with van der Waals surface area (Å²) in [6.07, 6.45) is 0.788. The molecule has 0 heterocycles. The van der Waals surface area contributed by atoms with Crippen LogP contribution in [0.15, 0.2) is 12.1 Å². The molecule has 1 amide bonds. The predicted octanol–water partition coefficient (Wildman–Crippen LogP) is 0.525. The van der Waals surface area contributed by atoms with Gasteiger partial charge in [-0.25, -0.2) is 0 Å². The Kier molecular flexibility index (Phi) is 4.88. The van der Waals surface area contributed by atoms with E-state index in [2.05, 4.69) is 0 Å². The van der Waals surface area contributed by atoms with Gasteiger partial charge in [0, 0.05) is 12.3 Å². The number of nitrogens with two attached hydrogens (primary N) is 1. The average Bonchev–Trinajstić information content (AvgIpc) is 2.66. The van der Waals surface area contributed by atoms with Crippen LogP contribution in [0, 0.1) is 29.6 Å². The number of amides is 1. The predicted molar refractivity (Wildman–Crippen MR) is 107 cm³/mol. The summed E-state index contributed by atoms with van der Waals surface area (Å²) in [6.45, 7) is 4.07. The number of aliphatic hydroxyl groups is 1. The van der Waals surface area contributed by atoms with E-state index in [0.29, 0.717) is 24.3 Å². The summed E-state index contributed by atoms with van der Waals surface area (Å²) in [6, 6.07) is 3.20. The van der Waals surface area contributed by atoms with Crippen molar-refractivity contribution in [3.63, 3.8) is 0 Å². The SMILES string of the molecule is CC(C)Cc1ccc(O)c2c1C[C@H]1C[C@H]3CC(=O)C(C(N)=O)C(=O)[C@@]3(O)C(=O)C1C2=O. The number of hydrogen-bond acceptors (Lipinski definition) is 7. The molecular weight excluding hydrogens is 402 g/mol. The summed E-state index contributed by atoms with van der Waals surface area (Å²) >= 11 is 0.